The summed E-state index contributed by atoms with van der Waals surface area (Å²) in [5, 5.41) is 8.81. The molecule has 2 atom stereocenters. The number of ether oxygens (including phenoxy) is 1. The van der Waals surface area contributed by atoms with E-state index >= 15 is 0 Å². The third kappa shape index (κ3) is 2.21. The number of aliphatic carboxylic acids is 1. The number of likely N-dealkylation sites (tertiary alicyclic amines) is 1. The van der Waals surface area contributed by atoms with Crippen molar-refractivity contribution in [3.8, 4) is 0 Å². The number of carboxylic acids is 1. The molecule has 2 unspecified atom stereocenters. The Hall–Kier alpha value is -1.17. The van der Waals surface area contributed by atoms with Crippen LogP contribution in [0.25, 0.3) is 0 Å². The SMILES string of the molecule is CC1(C(=O)N2CCC(F)(C(=O)O)C2)CCCOC1. The van der Waals surface area contributed by atoms with Crippen LogP contribution in [0.3, 0.4) is 0 Å². The highest BCUT2D eigenvalue weighted by Crippen LogP contribution is 2.34. The summed E-state index contributed by atoms with van der Waals surface area (Å²) in [6, 6.07) is 0. The topological polar surface area (TPSA) is 66.8 Å². The van der Waals surface area contributed by atoms with Crippen LogP contribution in [-0.2, 0) is 14.3 Å². The van der Waals surface area contributed by atoms with Gasteiger partial charge in [-0.15, -0.1) is 0 Å². The monoisotopic (exact) mass is 259 g/mol. The van der Waals surface area contributed by atoms with E-state index < -0.39 is 17.1 Å². The Morgan fingerprint density at radius 3 is 2.61 bits per heavy atom. The fraction of sp³-hybridized carbons (Fsp3) is 0.833. The zero-order chi connectivity index (χ0) is 13.4. The smallest absolute Gasteiger partial charge is 0.343 e. The van der Waals surface area contributed by atoms with E-state index in [1.54, 1.807) is 6.92 Å². The molecule has 2 rings (SSSR count). The minimum atomic E-state index is -2.29. The lowest BCUT2D eigenvalue weighted by molar-refractivity contribution is -0.152. The number of carboxylic acid groups (broad SMARTS) is 1. The van der Waals surface area contributed by atoms with E-state index in [-0.39, 0.29) is 25.4 Å². The lowest BCUT2D eigenvalue weighted by Gasteiger charge is -2.35. The van der Waals surface area contributed by atoms with E-state index in [9.17, 15) is 14.0 Å². The Kier molecular flexibility index (Phi) is 3.31. The van der Waals surface area contributed by atoms with Gasteiger partial charge in [0.1, 0.15) is 0 Å². The molecule has 2 aliphatic heterocycles. The van der Waals surface area contributed by atoms with Gasteiger partial charge in [-0.3, -0.25) is 4.79 Å². The minimum Gasteiger partial charge on any atom is -0.479 e. The summed E-state index contributed by atoms with van der Waals surface area (Å²) in [4.78, 5) is 24.5. The van der Waals surface area contributed by atoms with Gasteiger partial charge < -0.3 is 14.7 Å². The first-order valence-electron chi connectivity index (χ1n) is 6.17. The van der Waals surface area contributed by atoms with Gasteiger partial charge in [0.25, 0.3) is 0 Å². The predicted octanol–water partition coefficient (Wildman–Crippen LogP) is 0.828. The van der Waals surface area contributed by atoms with Crippen molar-refractivity contribution >= 4 is 11.9 Å². The Labute approximate surface area is 105 Å². The first-order valence-corrected chi connectivity index (χ1v) is 6.17. The Morgan fingerprint density at radius 2 is 2.11 bits per heavy atom. The Bertz CT molecular complexity index is 367. The maximum Gasteiger partial charge on any atom is 0.343 e. The zero-order valence-electron chi connectivity index (χ0n) is 10.4. The molecule has 0 saturated carbocycles. The average Bonchev–Trinajstić information content (AvgIpc) is 2.73. The van der Waals surface area contributed by atoms with Crippen molar-refractivity contribution in [1.82, 2.24) is 4.90 Å². The molecule has 5 nitrogen and oxygen atoms in total. The van der Waals surface area contributed by atoms with Crippen molar-refractivity contribution in [1.29, 1.82) is 0 Å². The maximum atomic E-state index is 13.9. The van der Waals surface area contributed by atoms with Gasteiger partial charge in [0.2, 0.25) is 11.6 Å². The number of nitrogens with zero attached hydrogens (tertiary/aromatic N) is 1. The quantitative estimate of drug-likeness (QED) is 0.797. The molecule has 0 bridgehead atoms. The summed E-state index contributed by atoms with van der Waals surface area (Å²) in [6.07, 6.45) is 1.37. The van der Waals surface area contributed by atoms with E-state index in [1.807, 2.05) is 0 Å². The van der Waals surface area contributed by atoms with Crippen molar-refractivity contribution in [2.24, 2.45) is 5.41 Å². The number of amides is 1. The average molecular weight is 259 g/mol. The minimum absolute atomic E-state index is 0.134. The number of hydrogen-bond donors (Lipinski definition) is 1. The molecule has 6 heteroatoms. The number of carbonyl (C=O) groups excluding carboxylic acids is 1. The van der Waals surface area contributed by atoms with Crippen LogP contribution in [-0.4, -0.2) is 53.9 Å². The first-order chi connectivity index (χ1) is 8.37. The normalized spacial score (nSPS) is 36.7. The number of rotatable bonds is 2. The second-order valence-corrected chi connectivity index (χ2v) is 5.46. The lowest BCUT2D eigenvalue weighted by Crippen LogP contribution is -2.47. The summed E-state index contributed by atoms with van der Waals surface area (Å²) in [5.74, 6) is -1.68. The van der Waals surface area contributed by atoms with Gasteiger partial charge in [0.05, 0.1) is 18.6 Å². The second-order valence-electron chi connectivity index (χ2n) is 5.46. The number of alkyl halides is 1. The summed E-state index contributed by atoms with van der Waals surface area (Å²) >= 11 is 0. The van der Waals surface area contributed by atoms with Gasteiger partial charge in [-0.25, -0.2) is 9.18 Å². The molecule has 0 aliphatic carbocycles. The molecule has 18 heavy (non-hydrogen) atoms. The van der Waals surface area contributed by atoms with Crippen molar-refractivity contribution < 1.29 is 23.8 Å². The molecule has 2 fully saturated rings. The van der Waals surface area contributed by atoms with Gasteiger partial charge in [-0.05, 0) is 19.8 Å². The molecule has 0 aromatic heterocycles. The Morgan fingerprint density at radius 1 is 1.39 bits per heavy atom. The number of hydrogen-bond acceptors (Lipinski definition) is 3. The summed E-state index contributed by atoms with van der Waals surface area (Å²) in [5.41, 5.74) is -2.93. The molecule has 2 saturated heterocycles. The van der Waals surface area contributed by atoms with Crippen molar-refractivity contribution in [3.63, 3.8) is 0 Å². The Balaban J connectivity index is 2.05. The molecule has 2 aliphatic rings. The molecule has 0 spiro atoms. The van der Waals surface area contributed by atoms with Crippen molar-refractivity contribution in [2.45, 2.75) is 31.9 Å². The highest BCUT2D eigenvalue weighted by Gasteiger charge is 2.50. The number of carbonyl (C=O) groups is 2. The maximum absolute atomic E-state index is 13.9. The molecular weight excluding hydrogens is 241 g/mol. The fourth-order valence-corrected chi connectivity index (χ4v) is 2.61. The fourth-order valence-electron chi connectivity index (χ4n) is 2.61. The standard InChI is InChI=1S/C12H18FNO4/c1-11(3-2-6-18-8-11)9(15)14-5-4-12(13,7-14)10(16)17/h2-8H2,1H3,(H,16,17). The predicted molar refractivity (Wildman–Crippen MR) is 60.8 cm³/mol. The lowest BCUT2D eigenvalue weighted by atomic mass is 9.83. The molecular formula is C12H18FNO4. The van der Waals surface area contributed by atoms with Crippen LogP contribution in [0.1, 0.15) is 26.2 Å². The van der Waals surface area contributed by atoms with Gasteiger partial charge in [0.15, 0.2) is 0 Å². The van der Waals surface area contributed by atoms with E-state index in [1.165, 1.54) is 4.90 Å². The number of halogens is 1. The molecule has 1 amide bonds. The van der Waals surface area contributed by atoms with Crippen LogP contribution >= 0.6 is 0 Å². The van der Waals surface area contributed by atoms with Crippen LogP contribution in [0.4, 0.5) is 4.39 Å². The largest absolute Gasteiger partial charge is 0.479 e. The van der Waals surface area contributed by atoms with Gasteiger partial charge >= 0.3 is 5.97 Å². The van der Waals surface area contributed by atoms with Crippen LogP contribution < -0.4 is 0 Å². The van der Waals surface area contributed by atoms with Gasteiger partial charge in [-0.1, -0.05) is 0 Å². The van der Waals surface area contributed by atoms with Crippen molar-refractivity contribution in [3.05, 3.63) is 0 Å². The highest BCUT2D eigenvalue weighted by atomic mass is 19.1. The van der Waals surface area contributed by atoms with E-state index in [0.717, 1.165) is 6.42 Å². The first kappa shape index (κ1) is 13.3. The third-order valence-corrected chi connectivity index (χ3v) is 3.84. The molecule has 0 aromatic rings. The van der Waals surface area contributed by atoms with Crippen LogP contribution in [0, 0.1) is 5.41 Å². The van der Waals surface area contributed by atoms with Crippen LogP contribution in [0.2, 0.25) is 0 Å². The second kappa shape index (κ2) is 4.50. The van der Waals surface area contributed by atoms with E-state index in [2.05, 4.69) is 0 Å². The van der Waals surface area contributed by atoms with Crippen molar-refractivity contribution in [2.75, 3.05) is 26.3 Å². The molecule has 1 N–H and O–H groups in total. The van der Waals surface area contributed by atoms with Gasteiger partial charge in [0, 0.05) is 19.6 Å². The van der Waals surface area contributed by atoms with E-state index in [4.69, 9.17) is 9.84 Å². The molecule has 0 radical (unpaired) electrons. The zero-order valence-corrected chi connectivity index (χ0v) is 10.4. The molecule has 0 aromatic carbocycles. The van der Waals surface area contributed by atoms with Crippen LogP contribution in [0.15, 0.2) is 0 Å². The van der Waals surface area contributed by atoms with Crippen LogP contribution in [0.5, 0.6) is 0 Å². The summed E-state index contributed by atoms with van der Waals surface area (Å²) in [6.45, 7) is 2.58. The van der Waals surface area contributed by atoms with Gasteiger partial charge in [-0.2, -0.15) is 0 Å². The highest BCUT2D eigenvalue weighted by molar-refractivity contribution is 5.85. The van der Waals surface area contributed by atoms with E-state index in [0.29, 0.717) is 19.6 Å². The molecule has 102 valence electrons. The molecule has 2 heterocycles. The third-order valence-electron chi connectivity index (χ3n) is 3.84. The summed E-state index contributed by atoms with van der Waals surface area (Å²) < 4.78 is 19.2. The summed E-state index contributed by atoms with van der Waals surface area (Å²) in [7, 11) is 0.